The van der Waals surface area contributed by atoms with Crippen LogP contribution in [0.3, 0.4) is 0 Å². The van der Waals surface area contributed by atoms with Crippen molar-refractivity contribution in [3.63, 3.8) is 0 Å². The Kier molecular flexibility index (Phi) is 5.02. The Morgan fingerprint density at radius 2 is 1.68 bits per heavy atom. The fourth-order valence-corrected chi connectivity index (χ4v) is 8.65. The number of fused-ring (bicyclic) bond motifs is 1. The molecular weight excluding hydrogens is 290 g/mol. The Morgan fingerprint density at radius 1 is 1.00 bits per heavy atom. The summed E-state index contributed by atoms with van der Waals surface area (Å²) in [6, 6.07) is 10.7. The average Bonchev–Trinajstić information content (AvgIpc) is 2.59. The number of rotatable bonds is 4. The molecular formula is C18H29NO2Si. The van der Waals surface area contributed by atoms with Crippen LogP contribution in [0.5, 0.6) is 0 Å². The molecule has 0 N–H and O–H groups in total. The van der Waals surface area contributed by atoms with Crippen LogP contribution in [0.2, 0.25) is 0 Å². The number of hydrogen-bond acceptors (Lipinski definition) is 3. The lowest BCUT2D eigenvalue weighted by Crippen LogP contribution is -2.71. The number of likely N-dealkylation sites (tertiary alicyclic amines) is 1. The van der Waals surface area contributed by atoms with Crippen LogP contribution in [0.15, 0.2) is 30.3 Å². The Morgan fingerprint density at radius 3 is 2.36 bits per heavy atom. The van der Waals surface area contributed by atoms with E-state index in [-0.39, 0.29) is 0 Å². The highest BCUT2D eigenvalue weighted by molar-refractivity contribution is 6.82. The fourth-order valence-electron chi connectivity index (χ4n) is 4.82. The Labute approximate surface area is 135 Å². The minimum atomic E-state index is -2.46. The Hall–Kier alpha value is -0.683. The minimum absolute atomic E-state index is 0.420. The molecule has 3 unspecified atom stereocenters. The molecule has 2 fully saturated rings. The molecule has 2 aliphatic rings. The van der Waals surface area contributed by atoms with Crippen molar-refractivity contribution < 1.29 is 8.85 Å². The van der Waals surface area contributed by atoms with E-state index >= 15 is 0 Å². The SMILES string of the molecule is CO[Si](OC)(c1ccccc1)C1C2CCCCC2CCN1C. The van der Waals surface area contributed by atoms with Gasteiger partial charge in [0.15, 0.2) is 0 Å². The lowest BCUT2D eigenvalue weighted by atomic mass is 9.75. The van der Waals surface area contributed by atoms with Crippen molar-refractivity contribution in [2.24, 2.45) is 11.8 Å². The molecule has 122 valence electrons. The summed E-state index contributed by atoms with van der Waals surface area (Å²) in [5, 5.41) is 1.27. The molecule has 0 bridgehead atoms. The third kappa shape index (κ3) is 2.66. The standard InChI is InChI=1S/C18H29NO2Si/c1-19-14-13-15-9-7-8-12-17(15)18(19)22(20-2,21-3)16-10-5-4-6-11-16/h4-6,10-11,15,17-18H,7-9,12-14H2,1-3H3. The van der Waals surface area contributed by atoms with Gasteiger partial charge in [0.1, 0.15) is 0 Å². The largest absolute Gasteiger partial charge is 0.393 e. The predicted octanol–water partition coefficient (Wildman–Crippen LogP) is 2.68. The van der Waals surface area contributed by atoms with Crippen LogP contribution in [0.25, 0.3) is 0 Å². The second-order valence-electron chi connectivity index (χ2n) is 6.86. The van der Waals surface area contributed by atoms with E-state index in [0.29, 0.717) is 5.67 Å². The second-order valence-corrected chi connectivity index (χ2v) is 10.2. The molecule has 0 radical (unpaired) electrons. The smallest absolute Gasteiger partial charge is 0.390 e. The molecule has 1 aromatic carbocycles. The summed E-state index contributed by atoms with van der Waals surface area (Å²) in [5.41, 5.74) is 0.420. The van der Waals surface area contributed by atoms with Gasteiger partial charge in [-0.25, -0.2) is 0 Å². The molecule has 1 aliphatic carbocycles. The first-order chi connectivity index (χ1) is 10.7. The molecule has 1 heterocycles. The molecule has 3 rings (SSSR count). The van der Waals surface area contributed by atoms with E-state index in [2.05, 4.69) is 42.3 Å². The first-order valence-electron chi connectivity index (χ1n) is 8.59. The van der Waals surface area contributed by atoms with Crippen molar-refractivity contribution in [2.75, 3.05) is 27.8 Å². The highest BCUT2D eigenvalue weighted by atomic mass is 28.4. The van der Waals surface area contributed by atoms with Gasteiger partial charge in [0.25, 0.3) is 0 Å². The Balaban J connectivity index is 2.01. The van der Waals surface area contributed by atoms with Crippen molar-refractivity contribution in [3.05, 3.63) is 30.3 Å². The van der Waals surface area contributed by atoms with Crippen molar-refractivity contribution in [3.8, 4) is 0 Å². The van der Waals surface area contributed by atoms with E-state index in [1.807, 2.05) is 14.2 Å². The third-order valence-electron chi connectivity index (χ3n) is 5.87. The monoisotopic (exact) mass is 319 g/mol. The van der Waals surface area contributed by atoms with Crippen LogP contribution in [-0.2, 0) is 8.85 Å². The topological polar surface area (TPSA) is 21.7 Å². The van der Waals surface area contributed by atoms with Gasteiger partial charge in [0.05, 0.1) is 5.67 Å². The lowest BCUT2D eigenvalue weighted by molar-refractivity contribution is 0.0502. The summed E-state index contributed by atoms with van der Waals surface area (Å²) >= 11 is 0. The molecule has 3 atom stereocenters. The first kappa shape index (κ1) is 16.2. The second kappa shape index (κ2) is 6.83. The molecule has 3 nitrogen and oxygen atoms in total. The van der Waals surface area contributed by atoms with E-state index < -0.39 is 8.56 Å². The molecule has 1 aromatic rings. The molecule has 1 saturated carbocycles. The van der Waals surface area contributed by atoms with Crippen LogP contribution < -0.4 is 5.19 Å². The quantitative estimate of drug-likeness (QED) is 0.797. The normalized spacial score (nSPS) is 30.0. The van der Waals surface area contributed by atoms with Crippen LogP contribution in [0.4, 0.5) is 0 Å². The maximum atomic E-state index is 6.21. The molecule has 1 saturated heterocycles. The zero-order chi connectivity index (χ0) is 15.6. The van der Waals surface area contributed by atoms with Crippen molar-refractivity contribution in [1.82, 2.24) is 4.90 Å². The van der Waals surface area contributed by atoms with E-state index in [0.717, 1.165) is 11.8 Å². The van der Waals surface area contributed by atoms with Gasteiger partial charge in [-0.15, -0.1) is 0 Å². The van der Waals surface area contributed by atoms with E-state index in [4.69, 9.17) is 8.85 Å². The number of hydrogen-bond donors (Lipinski definition) is 0. The maximum Gasteiger partial charge on any atom is 0.390 e. The van der Waals surface area contributed by atoms with Gasteiger partial charge in [-0.3, -0.25) is 0 Å². The van der Waals surface area contributed by atoms with Crippen molar-refractivity contribution in [1.29, 1.82) is 0 Å². The molecule has 4 heteroatoms. The van der Waals surface area contributed by atoms with Gasteiger partial charge in [-0.1, -0.05) is 49.6 Å². The number of benzene rings is 1. The predicted molar refractivity (Wildman–Crippen MR) is 92.3 cm³/mol. The minimum Gasteiger partial charge on any atom is -0.393 e. The summed E-state index contributed by atoms with van der Waals surface area (Å²) in [6.07, 6.45) is 6.82. The van der Waals surface area contributed by atoms with Crippen molar-refractivity contribution >= 4 is 13.7 Å². The van der Waals surface area contributed by atoms with E-state index in [1.54, 1.807) is 0 Å². The summed E-state index contributed by atoms with van der Waals surface area (Å²) in [4.78, 5) is 2.53. The fraction of sp³-hybridized carbons (Fsp3) is 0.667. The Bertz CT molecular complexity index is 477. The summed E-state index contributed by atoms with van der Waals surface area (Å²) in [6.45, 7) is 1.17. The van der Waals surface area contributed by atoms with Crippen LogP contribution >= 0.6 is 0 Å². The maximum absolute atomic E-state index is 6.21. The number of nitrogens with zero attached hydrogens (tertiary/aromatic N) is 1. The molecule has 1 aliphatic heterocycles. The molecule has 0 aromatic heterocycles. The van der Waals surface area contributed by atoms with Gasteiger partial charge in [-0.2, -0.15) is 0 Å². The summed E-state index contributed by atoms with van der Waals surface area (Å²) in [7, 11) is 3.50. The van der Waals surface area contributed by atoms with E-state index in [1.165, 1.54) is 43.8 Å². The highest BCUT2D eigenvalue weighted by Gasteiger charge is 2.55. The summed E-state index contributed by atoms with van der Waals surface area (Å²) in [5.74, 6) is 1.58. The zero-order valence-corrected chi connectivity index (χ0v) is 15.1. The van der Waals surface area contributed by atoms with Crippen LogP contribution in [0.1, 0.15) is 32.1 Å². The van der Waals surface area contributed by atoms with Gasteiger partial charge >= 0.3 is 8.56 Å². The molecule has 0 spiro atoms. The van der Waals surface area contributed by atoms with E-state index in [9.17, 15) is 0 Å². The zero-order valence-electron chi connectivity index (χ0n) is 14.1. The first-order valence-corrected chi connectivity index (χ1v) is 10.5. The molecule has 0 amide bonds. The van der Waals surface area contributed by atoms with Crippen LogP contribution in [0, 0.1) is 11.8 Å². The molecule has 22 heavy (non-hydrogen) atoms. The highest BCUT2D eigenvalue weighted by Crippen LogP contribution is 2.42. The van der Waals surface area contributed by atoms with Crippen LogP contribution in [-0.4, -0.2) is 46.9 Å². The number of piperidine rings is 1. The lowest BCUT2D eigenvalue weighted by Gasteiger charge is -2.51. The van der Waals surface area contributed by atoms with Gasteiger partial charge in [0.2, 0.25) is 0 Å². The van der Waals surface area contributed by atoms with Gasteiger partial charge in [0, 0.05) is 14.2 Å². The summed E-state index contributed by atoms with van der Waals surface area (Å²) < 4.78 is 12.4. The average molecular weight is 320 g/mol. The third-order valence-corrected chi connectivity index (χ3v) is 9.87. The van der Waals surface area contributed by atoms with Gasteiger partial charge in [-0.05, 0) is 43.5 Å². The van der Waals surface area contributed by atoms with Crippen molar-refractivity contribution in [2.45, 2.75) is 37.8 Å². The van der Waals surface area contributed by atoms with Gasteiger partial charge < -0.3 is 13.8 Å².